The van der Waals surface area contributed by atoms with E-state index >= 15 is 0 Å². The summed E-state index contributed by atoms with van der Waals surface area (Å²) in [7, 11) is 0. The second-order valence-electron chi connectivity index (χ2n) is 5.13. The fourth-order valence-corrected chi connectivity index (χ4v) is 3.39. The maximum Gasteiger partial charge on any atom is 0.101 e. The van der Waals surface area contributed by atoms with Gasteiger partial charge in [0, 0.05) is 17.5 Å². The Morgan fingerprint density at radius 1 is 1.41 bits per heavy atom. The van der Waals surface area contributed by atoms with Crippen LogP contribution in [0.15, 0.2) is 17.5 Å². The second-order valence-corrected chi connectivity index (χ2v) is 6.11. The van der Waals surface area contributed by atoms with Crippen molar-refractivity contribution in [2.45, 2.75) is 51.2 Å². The monoisotopic (exact) mass is 253 g/mol. The molecule has 1 saturated carbocycles. The molecule has 96 valence electrons. The molecule has 1 aromatic heterocycles. The molecule has 0 radical (unpaired) electrons. The topological polar surface area (TPSA) is 32.3 Å². The highest BCUT2D eigenvalue weighted by Crippen LogP contribution is 2.26. The number of hydrogen-bond donors (Lipinski definition) is 2. The maximum atomic E-state index is 10.0. The van der Waals surface area contributed by atoms with Crippen LogP contribution >= 0.6 is 11.3 Å². The minimum atomic E-state index is -0.346. The third kappa shape index (κ3) is 3.80. The van der Waals surface area contributed by atoms with Crippen molar-refractivity contribution >= 4 is 11.3 Å². The van der Waals surface area contributed by atoms with Crippen molar-refractivity contribution in [2.75, 3.05) is 6.54 Å². The summed E-state index contributed by atoms with van der Waals surface area (Å²) < 4.78 is 0. The van der Waals surface area contributed by atoms with Gasteiger partial charge in [0.05, 0.1) is 0 Å². The van der Waals surface area contributed by atoms with E-state index in [0.29, 0.717) is 12.6 Å². The van der Waals surface area contributed by atoms with E-state index in [9.17, 15) is 5.11 Å². The van der Waals surface area contributed by atoms with Crippen LogP contribution in [-0.2, 0) is 0 Å². The summed E-state index contributed by atoms with van der Waals surface area (Å²) in [5.41, 5.74) is 0. The summed E-state index contributed by atoms with van der Waals surface area (Å²) >= 11 is 1.63. The average Bonchev–Trinajstić information content (AvgIpc) is 2.90. The number of nitrogens with one attached hydrogen (secondary N) is 1. The molecule has 17 heavy (non-hydrogen) atoms. The van der Waals surface area contributed by atoms with Gasteiger partial charge in [-0.1, -0.05) is 25.3 Å². The van der Waals surface area contributed by atoms with Gasteiger partial charge in [0.2, 0.25) is 0 Å². The highest BCUT2D eigenvalue weighted by molar-refractivity contribution is 7.10. The van der Waals surface area contributed by atoms with E-state index in [2.05, 4.69) is 12.2 Å². The van der Waals surface area contributed by atoms with Crippen LogP contribution < -0.4 is 5.32 Å². The lowest BCUT2D eigenvalue weighted by Crippen LogP contribution is -2.37. The standard InChI is InChI=1S/C14H23NOS/c1-11(12-6-3-2-4-7-12)15-10-13(16)14-8-5-9-17-14/h5,8-9,11-13,15-16H,2-4,6-7,10H2,1H3. The fourth-order valence-electron chi connectivity index (χ4n) is 2.68. The van der Waals surface area contributed by atoms with Crippen LogP contribution in [0, 0.1) is 5.92 Å². The first-order valence-corrected chi connectivity index (χ1v) is 7.60. The molecule has 0 saturated heterocycles. The Labute approximate surface area is 108 Å². The zero-order chi connectivity index (χ0) is 12.1. The van der Waals surface area contributed by atoms with E-state index in [1.54, 1.807) is 11.3 Å². The van der Waals surface area contributed by atoms with Crippen LogP contribution in [0.4, 0.5) is 0 Å². The van der Waals surface area contributed by atoms with Gasteiger partial charge < -0.3 is 10.4 Å². The van der Waals surface area contributed by atoms with Crippen LogP contribution in [0.1, 0.15) is 50.0 Å². The Morgan fingerprint density at radius 2 is 2.18 bits per heavy atom. The lowest BCUT2D eigenvalue weighted by molar-refractivity contribution is 0.164. The lowest BCUT2D eigenvalue weighted by Gasteiger charge is -2.29. The third-order valence-corrected chi connectivity index (χ3v) is 4.84. The zero-order valence-electron chi connectivity index (χ0n) is 10.6. The molecular weight excluding hydrogens is 230 g/mol. The van der Waals surface area contributed by atoms with E-state index in [4.69, 9.17) is 0 Å². The smallest absolute Gasteiger partial charge is 0.101 e. The second kappa shape index (κ2) is 6.53. The Kier molecular flexibility index (Phi) is 5.01. The predicted octanol–water partition coefficient (Wildman–Crippen LogP) is 3.34. The Morgan fingerprint density at radius 3 is 2.82 bits per heavy atom. The van der Waals surface area contributed by atoms with Gasteiger partial charge in [-0.15, -0.1) is 11.3 Å². The summed E-state index contributed by atoms with van der Waals surface area (Å²) in [6.07, 6.45) is 6.52. The molecule has 1 heterocycles. The first-order valence-electron chi connectivity index (χ1n) is 6.72. The number of thiophene rings is 1. The number of aliphatic hydroxyl groups is 1. The van der Waals surface area contributed by atoms with E-state index < -0.39 is 0 Å². The molecule has 3 heteroatoms. The first-order chi connectivity index (χ1) is 8.27. The van der Waals surface area contributed by atoms with Crippen molar-refractivity contribution in [3.05, 3.63) is 22.4 Å². The van der Waals surface area contributed by atoms with Gasteiger partial charge in [0.25, 0.3) is 0 Å². The van der Waals surface area contributed by atoms with Crippen LogP contribution in [-0.4, -0.2) is 17.7 Å². The molecule has 2 unspecified atom stereocenters. The Balaban J connectivity index is 1.73. The first kappa shape index (κ1) is 13.1. The number of hydrogen-bond acceptors (Lipinski definition) is 3. The van der Waals surface area contributed by atoms with Gasteiger partial charge in [-0.05, 0) is 37.1 Å². The zero-order valence-corrected chi connectivity index (χ0v) is 11.4. The van der Waals surface area contributed by atoms with Crippen molar-refractivity contribution in [2.24, 2.45) is 5.92 Å². The minimum absolute atomic E-state index is 0.346. The molecular formula is C14H23NOS. The van der Waals surface area contributed by atoms with Gasteiger partial charge >= 0.3 is 0 Å². The van der Waals surface area contributed by atoms with Crippen molar-refractivity contribution in [1.29, 1.82) is 0 Å². The molecule has 2 rings (SSSR count). The molecule has 0 bridgehead atoms. The van der Waals surface area contributed by atoms with Gasteiger partial charge in [-0.3, -0.25) is 0 Å². The average molecular weight is 253 g/mol. The van der Waals surface area contributed by atoms with Crippen LogP contribution in [0.25, 0.3) is 0 Å². The summed E-state index contributed by atoms with van der Waals surface area (Å²) in [4.78, 5) is 1.06. The van der Waals surface area contributed by atoms with Crippen molar-refractivity contribution in [1.82, 2.24) is 5.32 Å². The van der Waals surface area contributed by atoms with E-state index in [0.717, 1.165) is 10.8 Å². The predicted molar refractivity (Wildman–Crippen MR) is 73.3 cm³/mol. The van der Waals surface area contributed by atoms with Gasteiger partial charge in [0.15, 0.2) is 0 Å². The van der Waals surface area contributed by atoms with Crippen molar-refractivity contribution < 1.29 is 5.11 Å². The van der Waals surface area contributed by atoms with Gasteiger partial charge in [-0.25, -0.2) is 0 Å². The van der Waals surface area contributed by atoms with E-state index in [-0.39, 0.29) is 6.10 Å². The Hall–Kier alpha value is -0.380. The van der Waals surface area contributed by atoms with Crippen LogP contribution in [0.3, 0.4) is 0 Å². The normalized spacial score (nSPS) is 21.3. The van der Waals surface area contributed by atoms with Crippen LogP contribution in [0.2, 0.25) is 0 Å². The van der Waals surface area contributed by atoms with E-state index in [1.807, 2.05) is 17.5 Å². The molecule has 1 aliphatic carbocycles. The molecule has 0 spiro atoms. The minimum Gasteiger partial charge on any atom is -0.386 e. The summed E-state index contributed by atoms with van der Waals surface area (Å²) in [6, 6.07) is 4.53. The largest absolute Gasteiger partial charge is 0.386 e. The maximum absolute atomic E-state index is 10.0. The lowest BCUT2D eigenvalue weighted by atomic mass is 9.84. The number of rotatable bonds is 5. The summed E-state index contributed by atoms with van der Waals surface area (Å²) in [5, 5.41) is 15.5. The molecule has 2 nitrogen and oxygen atoms in total. The fraction of sp³-hybridized carbons (Fsp3) is 0.714. The molecule has 1 aromatic rings. The highest BCUT2D eigenvalue weighted by Gasteiger charge is 2.20. The molecule has 1 aliphatic rings. The molecule has 2 atom stereocenters. The molecule has 0 aromatic carbocycles. The highest BCUT2D eigenvalue weighted by atomic mass is 32.1. The van der Waals surface area contributed by atoms with Crippen LogP contribution in [0.5, 0.6) is 0 Å². The number of aliphatic hydroxyl groups excluding tert-OH is 1. The molecule has 1 fully saturated rings. The molecule has 0 aliphatic heterocycles. The van der Waals surface area contributed by atoms with Crippen molar-refractivity contribution in [3.8, 4) is 0 Å². The third-order valence-electron chi connectivity index (χ3n) is 3.86. The van der Waals surface area contributed by atoms with Gasteiger partial charge in [-0.2, -0.15) is 0 Å². The van der Waals surface area contributed by atoms with Crippen molar-refractivity contribution in [3.63, 3.8) is 0 Å². The molecule has 0 amide bonds. The quantitative estimate of drug-likeness (QED) is 0.843. The van der Waals surface area contributed by atoms with Gasteiger partial charge in [0.1, 0.15) is 6.10 Å². The van der Waals surface area contributed by atoms with E-state index in [1.165, 1.54) is 32.1 Å². The molecule has 2 N–H and O–H groups in total. The summed E-state index contributed by atoms with van der Waals surface area (Å²) in [6.45, 7) is 2.94. The Bertz CT molecular complexity index is 306. The SMILES string of the molecule is CC(NCC(O)c1cccs1)C1CCCCC1. The summed E-state index contributed by atoms with van der Waals surface area (Å²) in [5.74, 6) is 0.805.